The first-order valence-electron chi connectivity index (χ1n) is 9.58. The van der Waals surface area contributed by atoms with Crippen LogP contribution in [0.15, 0.2) is 42.5 Å². The van der Waals surface area contributed by atoms with E-state index >= 15 is 0 Å². The lowest BCUT2D eigenvalue weighted by atomic mass is 9.89. The number of aromatic amines is 1. The number of aryl methyl sites for hydroxylation is 1. The van der Waals surface area contributed by atoms with Gasteiger partial charge in [-0.2, -0.15) is 0 Å². The van der Waals surface area contributed by atoms with Crippen LogP contribution in [0.3, 0.4) is 0 Å². The summed E-state index contributed by atoms with van der Waals surface area (Å²) in [6, 6.07) is 13.2. The summed E-state index contributed by atoms with van der Waals surface area (Å²) in [6.07, 6.45) is 2.52. The number of nitrogens with zero attached hydrogens (tertiary/aromatic N) is 1. The molecule has 1 unspecified atom stereocenters. The van der Waals surface area contributed by atoms with Crippen LogP contribution in [0.1, 0.15) is 41.5 Å². The monoisotopic (exact) mass is 376 g/mol. The third kappa shape index (κ3) is 2.66. The minimum atomic E-state index is -0.548. The molecule has 0 fully saturated rings. The number of ether oxygens (including phenoxy) is 1. The first-order chi connectivity index (χ1) is 13.7. The molecule has 5 heteroatoms. The largest absolute Gasteiger partial charge is 0.494 e. The second kappa shape index (κ2) is 6.60. The minimum Gasteiger partial charge on any atom is -0.494 e. The number of para-hydroxylation sites is 1. The summed E-state index contributed by atoms with van der Waals surface area (Å²) in [5.74, 6) is -0.154. The first kappa shape index (κ1) is 17.2. The zero-order valence-corrected chi connectivity index (χ0v) is 15.6. The lowest BCUT2D eigenvalue weighted by Crippen LogP contribution is -2.14. The number of rotatable bonds is 3. The van der Waals surface area contributed by atoms with Gasteiger partial charge in [-0.05, 0) is 48.6 Å². The molecule has 28 heavy (non-hydrogen) atoms. The second-order valence-electron chi connectivity index (χ2n) is 7.40. The molecule has 1 atom stereocenters. The van der Waals surface area contributed by atoms with Gasteiger partial charge < -0.3 is 14.8 Å². The van der Waals surface area contributed by atoms with Gasteiger partial charge in [-0.25, -0.2) is 4.39 Å². The van der Waals surface area contributed by atoms with E-state index in [1.165, 1.54) is 13.2 Å². The van der Waals surface area contributed by atoms with Crippen molar-refractivity contribution in [2.24, 2.45) is 0 Å². The molecule has 0 spiro atoms. The third-order valence-electron chi connectivity index (χ3n) is 5.67. The third-order valence-corrected chi connectivity index (χ3v) is 5.67. The maximum atomic E-state index is 14.2. The fourth-order valence-corrected chi connectivity index (χ4v) is 4.35. The van der Waals surface area contributed by atoms with E-state index in [1.807, 2.05) is 18.2 Å². The van der Waals surface area contributed by atoms with E-state index in [-0.39, 0.29) is 11.6 Å². The normalized spacial score (nSPS) is 16.5. The molecule has 0 bridgehead atoms. The Balaban J connectivity index is 1.73. The van der Waals surface area contributed by atoms with Gasteiger partial charge in [0, 0.05) is 22.7 Å². The number of aliphatic hydroxyl groups is 1. The molecule has 2 heterocycles. The zero-order chi connectivity index (χ0) is 19.3. The Morgan fingerprint density at radius 3 is 2.93 bits per heavy atom. The standard InChI is InChI=1S/C23H21FN2O2/c1-28-20-10-9-13(11-16(20)24)12-18-23-21(14-5-2-3-7-17(14)25-23)15-6-4-8-19(27)22(15)26-18/h2-3,5,7,9-11,19,25,27H,4,6,8,12H2,1H3. The lowest BCUT2D eigenvalue weighted by Gasteiger charge is -2.22. The summed E-state index contributed by atoms with van der Waals surface area (Å²) in [4.78, 5) is 8.36. The van der Waals surface area contributed by atoms with Gasteiger partial charge in [-0.3, -0.25) is 4.98 Å². The van der Waals surface area contributed by atoms with Gasteiger partial charge in [0.2, 0.25) is 0 Å². The number of hydrogen-bond acceptors (Lipinski definition) is 3. The van der Waals surface area contributed by atoms with Crippen LogP contribution in [0.2, 0.25) is 0 Å². The summed E-state index contributed by atoms with van der Waals surface area (Å²) in [7, 11) is 1.46. The summed E-state index contributed by atoms with van der Waals surface area (Å²) >= 11 is 0. The van der Waals surface area contributed by atoms with Crippen molar-refractivity contribution >= 4 is 21.8 Å². The summed E-state index contributed by atoms with van der Waals surface area (Å²) in [5, 5.41) is 12.9. The number of halogens is 1. The Kier molecular flexibility index (Phi) is 4.05. The number of methoxy groups -OCH3 is 1. The predicted octanol–water partition coefficient (Wildman–Crippen LogP) is 4.82. The first-order valence-corrected chi connectivity index (χ1v) is 9.58. The number of fused-ring (bicyclic) bond motifs is 5. The maximum absolute atomic E-state index is 14.2. The zero-order valence-electron chi connectivity index (χ0n) is 15.6. The molecule has 142 valence electrons. The molecule has 0 saturated heterocycles. The molecule has 2 aromatic heterocycles. The molecule has 2 aromatic carbocycles. The molecular weight excluding hydrogens is 355 g/mol. The highest BCUT2D eigenvalue weighted by Gasteiger charge is 2.25. The van der Waals surface area contributed by atoms with Crippen molar-refractivity contribution in [1.29, 1.82) is 0 Å². The number of hydrogen-bond donors (Lipinski definition) is 2. The number of benzene rings is 2. The summed E-state index contributed by atoms with van der Waals surface area (Å²) in [6.45, 7) is 0. The minimum absolute atomic E-state index is 0.230. The molecule has 1 aliphatic carbocycles. The average molecular weight is 376 g/mol. The molecule has 4 aromatic rings. The van der Waals surface area contributed by atoms with Gasteiger partial charge in [0.15, 0.2) is 11.6 Å². The lowest BCUT2D eigenvalue weighted by molar-refractivity contribution is 0.151. The molecule has 5 rings (SSSR count). The van der Waals surface area contributed by atoms with Crippen LogP contribution in [0, 0.1) is 5.82 Å². The maximum Gasteiger partial charge on any atom is 0.165 e. The average Bonchev–Trinajstić information content (AvgIpc) is 3.09. The summed E-state index contributed by atoms with van der Waals surface area (Å²) < 4.78 is 19.2. The highest BCUT2D eigenvalue weighted by Crippen LogP contribution is 2.38. The van der Waals surface area contributed by atoms with E-state index in [9.17, 15) is 9.50 Å². The van der Waals surface area contributed by atoms with Crippen LogP contribution in [-0.2, 0) is 12.8 Å². The van der Waals surface area contributed by atoms with Crippen LogP contribution in [0.5, 0.6) is 5.75 Å². The van der Waals surface area contributed by atoms with Gasteiger partial charge in [0.25, 0.3) is 0 Å². The number of nitrogens with one attached hydrogen (secondary N) is 1. The van der Waals surface area contributed by atoms with Crippen LogP contribution in [0.4, 0.5) is 4.39 Å². The summed E-state index contributed by atoms with van der Waals surface area (Å²) in [5.41, 5.74) is 5.58. The SMILES string of the molecule is COc1ccc(Cc2nc3c(c4c2[nH]c2ccccc24)CCCC3O)cc1F. The fraction of sp³-hybridized carbons (Fsp3) is 0.261. The van der Waals surface area contributed by atoms with Crippen LogP contribution in [0.25, 0.3) is 21.8 Å². The van der Waals surface area contributed by atoms with E-state index in [0.717, 1.165) is 63.6 Å². The van der Waals surface area contributed by atoms with Gasteiger partial charge in [-0.15, -0.1) is 0 Å². The van der Waals surface area contributed by atoms with Gasteiger partial charge >= 0.3 is 0 Å². The number of pyridine rings is 1. The number of aromatic nitrogens is 2. The van der Waals surface area contributed by atoms with Crippen LogP contribution >= 0.6 is 0 Å². The molecule has 0 aliphatic heterocycles. The highest BCUT2D eigenvalue weighted by atomic mass is 19.1. The van der Waals surface area contributed by atoms with Crippen molar-refractivity contribution in [3.63, 3.8) is 0 Å². The molecule has 4 nitrogen and oxygen atoms in total. The highest BCUT2D eigenvalue weighted by molar-refractivity contribution is 6.10. The van der Waals surface area contributed by atoms with Crippen LogP contribution in [-0.4, -0.2) is 22.2 Å². The Hall–Kier alpha value is -2.92. The van der Waals surface area contributed by atoms with Gasteiger partial charge in [-0.1, -0.05) is 24.3 Å². The predicted molar refractivity (Wildman–Crippen MR) is 107 cm³/mol. The molecule has 0 saturated carbocycles. The van der Waals surface area contributed by atoms with E-state index < -0.39 is 6.10 Å². The Morgan fingerprint density at radius 2 is 2.11 bits per heavy atom. The number of aliphatic hydroxyl groups excluding tert-OH is 1. The van der Waals surface area contributed by atoms with Crippen LogP contribution < -0.4 is 4.74 Å². The van der Waals surface area contributed by atoms with E-state index in [2.05, 4.69) is 17.1 Å². The van der Waals surface area contributed by atoms with Gasteiger partial charge in [0.1, 0.15) is 0 Å². The molecular formula is C23H21FN2O2. The van der Waals surface area contributed by atoms with E-state index in [1.54, 1.807) is 6.07 Å². The van der Waals surface area contributed by atoms with Crippen molar-refractivity contribution in [2.45, 2.75) is 31.8 Å². The Labute approximate surface area is 162 Å². The molecule has 2 N–H and O–H groups in total. The fourth-order valence-electron chi connectivity index (χ4n) is 4.35. The van der Waals surface area contributed by atoms with Crippen molar-refractivity contribution in [1.82, 2.24) is 9.97 Å². The van der Waals surface area contributed by atoms with Gasteiger partial charge in [0.05, 0.1) is 30.1 Å². The van der Waals surface area contributed by atoms with Crippen molar-refractivity contribution in [3.05, 3.63) is 70.8 Å². The molecule has 0 amide bonds. The second-order valence-corrected chi connectivity index (χ2v) is 7.40. The Bertz CT molecular complexity index is 1200. The smallest absolute Gasteiger partial charge is 0.165 e. The number of H-pyrrole nitrogens is 1. The molecule has 1 aliphatic rings. The topological polar surface area (TPSA) is 58.1 Å². The quantitative estimate of drug-likeness (QED) is 0.539. The Morgan fingerprint density at radius 1 is 1.25 bits per heavy atom. The molecule has 0 radical (unpaired) electrons. The van der Waals surface area contributed by atoms with Crippen molar-refractivity contribution in [3.8, 4) is 5.75 Å². The van der Waals surface area contributed by atoms with Crippen molar-refractivity contribution in [2.75, 3.05) is 7.11 Å². The van der Waals surface area contributed by atoms with E-state index in [0.29, 0.717) is 6.42 Å². The van der Waals surface area contributed by atoms with E-state index in [4.69, 9.17) is 9.72 Å². The van der Waals surface area contributed by atoms with Crippen molar-refractivity contribution < 1.29 is 14.2 Å².